The molecule has 0 aliphatic carbocycles. The number of hydrogen-bond acceptors (Lipinski definition) is 4. The molecule has 2 atom stereocenters. The highest BCUT2D eigenvalue weighted by Crippen LogP contribution is 2.45. The van der Waals surface area contributed by atoms with Gasteiger partial charge in [-0.15, -0.1) is 0 Å². The molecular formula is C17H23N5O. The third-order valence-electron chi connectivity index (χ3n) is 5.89. The van der Waals surface area contributed by atoms with Gasteiger partial charge >= 0.3 is 0 Å². The largest absolute Gasteiger partial charge is 0.355 e. The summed E-state index contributed by atoms with van der Waals surface area (Å²) in [5, 5.41) is 1.08. The Morgan fingerprint density at radius 3 is 3.04 bits per heavy atom. The number of rotatable bonds is 3. The molecule has 0 saturated carbocycles. The summed E-state index contributed by atoms with van der Waals surface area (Å²) in [5.41, 5.74) is 1.08. The Bertz CT molecular complexity index is 714. The lowest BCUT2D eigenvalue weighted by atomic mass is 9.65. The van der Waals surface area contributed by atoms with Gasteiger partial charge < -0.3 is 14.8 Å². The van der Waals surface area contributed by atoms with Crippen molar-refractivity contribution in [3.05, 3.63) is 18.6 Å². The van der Waals surface area contributed by atoms with Crippen molar-refractivity contribution in [2.24, 2.45) is 11.3 Å². The van der Waals surface area contributed by atoms with Gasteiger partial charge in [0.15, 0.2) is 0 Å². The van der Waals surface area contributed by atoms with E-state index in [0.717, 1.165) is 62.3 Å². The van der Waals surface area contributed by atoms with Gasteiger partial charge in [-0.3, -0.25) is 4.79 Å². The number of amides is 1. The van der Waals surface area contributed by atoms with Gasteiger partial charge in [-0.1, -0.05) is 6.92 Å². The summed E-state index contributed by atoms with van der Waals surface area (Å²) in [6.07, 6.45) is 7.97. The fourth-order valence-electron chi connectivity index (χ4n) is 4.53. The number of carbonyl (C=O) groups is 1. The second kappa shape index (κ2) is 5.51. The Balaban J connectivity index is 1.67. The van der Waals surface area contributed by atoms with Crippen molar-refractivity contribution in [1.29, 1.82) is 0 Å². The van der Waals surface area contributed by atoms with Gasteiger partial charge in [-0.25, -0.2) is 9.97 Å². The van der Waals surface area contributed by atoms with Gasteiger partial charge in [0.1, 0.15) is 17.8 Å². The predicted molar refractivity (Wildman–Crippen MR) is 89.2 cm³/mol. The predicted octanol–water partition coefficient (Wildman–Crippen LogP) is 2.04. The van der Waals surface area contributed by atoms with Crippen molar-refractivity contribution in [2.45, 2.75) is 26.2 Å². The third kappa shape index (κ3) is 2.28. The van der Waals surface area contributed by atoms with E-state index in [-0.39, 0.29) is 5.41 Å². The van der Waals surface area contributed by atoms with Gasteiger partial charge in [0, 0.05) is 37.8 Å². The number of anilines is 1. The van der Waals surface area contributed by atoms with Crippen LogP contribution >= 0.6 is 0 Å². The molecule has 23 heavy (non-hydrogen) atoms. The number of H-pyrrole nitrogens is 1. The van der Waals surface area contributed by atoms with Crippen LogP contribution in [0.15, 0.2) is 18.6 Å². The first kappa shape index (κ1) is 14.5. The molecule has 0 radical (unpaired) electrons. The molecule has 2 fully saturated rings. The molecule has 4 rings (SSSR count). The average molecular weight is 313 g/mol. The van der Waals surface area contributed by atoms with Crippen molar-refractivity contribution in [3.8, 4) is 0 Å². The molecule has 1 amide bonds. The molecule has 1 unspecified atom stereocenters. The number of aromatic amines is 1. The lowest BCUT2D eigenvalue weighted by molar-refractivity contribution is -0.123. The van der Waals surface area contributed by atoms with Crippen LogP contribution in [-0.2, 0) is 4.79 Å². The zero-order chi connectivity index (χ0) is 15.9. The molecule has 122 valence electrons. The maximum atomic E-state index is 11.3. The maximum absolute atomic E-state index is 11.3. The van der Waals surface area contributed by atoms with Gasteiger partial charge in [-0.05, 0) is 31.2 Å². The average Bonchev–Trinajstić information content (AvgIpc) is 3.09. The zero-order valence-corrected chi connectivity index (χ0v) is 13.5. The van der Waals surface area contributed by atoms with Gasteiger partial charge in [0.05, 0.1) is 5.39 Å². The Hall–Kier alpha value is -2.11. The van der Waals surface area contributed by atoms with E-state index in [9.17, 15) is 4.79 Å². The number of nitrogens with one attached hydrogen (secondary N) is 1. The van der Waals surface area contributed by atoms with Crippen LogP contribution in [0, 0.1) is 11.3 Å². The first-order valence-corrected chi connectivity index (χ1v) is 8.48. The number of aromatic nitrogens is 3. The van der Waals surface area contributed by atoms with Crippen LogP contribution < -0.4 is 4.90 Å². The minimum atomic E-state index is 0.186. The Labute approximate surface area is 135 Å². The number of nitrogens with zero attached hydrogens (tertiary/aromatic N) is 4. The monoisotopic (exact) mass is 313 g/mol. The second-order valence-corrected chi connectivity index (χ2v) is 6.92. The summed E-state index contributed by atoms with van der Waals surface area (Å²) >= 11 is 0. The van der Waals surface area contributed by atoms with E-state index in [1.807, 2.05) is 17.2 Å². The number of carbonyl (C=O) groups excluding carboxylic acids is 1. The van der Waals surface area contributed by atoms with E-state index in [0.29, 0.717) is 5.92 Å². The molecule has 2 aliphatic heterocycles. The van der Waals surface area contributed by atoms with Crippen LogP contribution in [0.3, 0.4) is 0 Å². The molecule has 0 bridgehead atoms. The minimum Gasteiger partial charge on any atom is -0.355 e. The van der Waals surface area contributed by atoms with Gasteiger partial charge in [0.2, 0.25) is 6.41 Å². The van der Waals surface area contributed by atoms with Crippen LogP contribution in [0.25, 0.3) is 11.0 Å². The third-order valence-corrected chi connectivity index (χ3v) is 5.89. The minimum absolute atomic E-state index is 0.186. The van der Waals surface area contributed by atoms with E-state index < -0.39 is 0 Å². The first-order valence-electron chi connectivity index (χ1n) is 8.48. The van der Waals surface area contributed by atoms with E-state index in [4.69, 9.17) is 0 Å². The van der Waals surface area contributed by atoms with E-state index in [2.05, 4.69) is 26.8 Å². The molecule has 0 aromatic carbocycles. The topological polar surface area (TPSA) is 65.1 Å². The lowest BCUT2D eigenvalue weighted by Crippen LogP contribution is -2.57. The molecule has 2 aromatic heterocycles. The Morgan fingerprint density at radius 1 is 1.35 bits per heavy atom. The maximum Gasteiger partial charge on any atom is 0.209 e. The van der Waals surface area contributed by atoms with Crippen molar-refractivity contribution < 1.29 is 4.79 Å². The molecule has 2 aromatic rings. The van der Waals surface area contributed by atoms with Crippen LogP contribution in [-0.4, -0.2) is 52.4 Å². The highest BCUT2D eigenvalue weighted by molar-refractivity contribution is 5.87. The Kier molecular flexibility index (Phi) is 3.47. The van der Waals surface area contributed by atoms with E-state index in [1.165, 1.54) is 6.42 Å². The number of fused-ring (bicyclic) bond motifs is 2. The van der Waals surface area contributed by atoms with Crippen LogP contribution in [0.1, 0.15) is 26.2 Å². The smallest absolute Gasteiger partial charge is 0.209 e. The molecule has 1 N–H and O–H groups in total. The standard InChI is InChI=1S/C17H23N5O/c1-2-17-9-21(12-23)7-4-13(17)5-8-22(10-17)16-14-3-6-18-15(14)19-11-20-16/h3,6,11-13H,2,4-5,7-10H2,1H3,(H,18,19,20)/t13?,17-/m1/s1. The summed E-state index contributed by atoms with van der Waals surface area (Å²) in [6.45, 7) is 6.04. The molecule has 0 spiro atoms. The van der Waals surface area contributed by atoms with E-state index >= 15 is 0 Å². The van der Waals surface area contributed by atoms with Gasteiger partial charge in [0.25, 0.3) is 0 Å². The molecule has 6 nitrogen and oxygen atoms in total. The number of hydrogen-bond donors (Lipinski definition) is 1. The molecule has 2 saturated heterocycles. The summed E-state index contributed by atoms with van der Waals surface area (Å²) in [5.74, 6) is 1.73. The summed E-state index contributed by atoms with van der Waals surface area (Å²) in [6, 6.07) is 2.05. The second-order valence-electron chi connectivity index (χ2n) is 6.92. The number of piperidine rings is 2. The first-order chi connectivity index (χ1) is 11.3. The van der Waals surface area contributed by atoms with Crippen LogP contribution in [0.2, 0.25) is 0 Å². The van der Waals surface area contributed by atoms with Crippen LogP contribution in [0.4, 0.5) is 5.82 Å². The SMILES string of the molecule is CC[C@]12CN(C=O)CCC1CCN(c1ncnc3[nH]ccc13)C2. The fraction of sp³-hybridized carbons (Fsp3) is 0.588. The fourth-order valence-corrected chi connectivity index (χ4v) is 4.53. The molecule has 2 aliphatic rings. The highest BCUT2D eigenvalue weighted by atomic mass is 16.1. The van der Waals surface area contributed by atoms with Crippen molar-refractivity contribution >= 4 is 23.3 Å². The summed E-state index contributed by atoms with van der Waals surface area (Å²) in [7, 11) is 0. The highest BCUT2D eigenvalue weighted by Gasteiger charge is 2.46. The van der Waals surface area contributed by atoms with Crippen molar-refractivity contribution in [1.82, 2.24) is 19.9 Å². The zero-order valence-electron chi connectivity index (χ0n) is 13.5. The quantitative estimate of drug-likeness (QED) is 0.881. The van der Waals surface area contributed by atoms with Crippen molar-refractivity contribution in [2.75, 3.05) is 31.1 Å². The normalized spacial score (nSPS) is 28.0. The van der Waals surface area contributed by atoms with E-state index in [1.54, 1.807) is 6.33 Å². The molecule has 6 heteroatoms. The summed E-state index contributed by atoms with van der Waals surface area (Å²) < 4.78 is 0. The molecular weight excluding hydrogens is 290 g/mol. The van der Waals surface area contributed by atoms with Gasteiger partial charge in [-0.2, -0.15) is 0 Å². The molecule has 4 heterocycles. The lowest BCUT2D eigenvalue weighted by Gasteiger charge is -2.53. The van der Waals surface area contributed by atoms with Crippen molar-refractivity contribution in [3.63, 3.8) is 0 Å². The Morgan fingerprint density at radius 2 is 2.22 bits per heavy atom. The number of likely N-dealkylation sites (tertiary alicyclic amines) is 1. The van der Waals surface area contributed by atoms with Crippen LogP contribution in [0.5, 0.6) is 0 Å². The summed E-state index contributed by atoms with van der Waals surface area (Å²) in [4.78, 5) is 27.6.